The lowest BCUT2D eigenvalue weighted by Crippen LogP contribution is -2.47. The van der Waals surface area contributed by atoms with E-state index in [1.807, 2.05) is 0 Å². The summed E-state index contributed by atoms with van der Waals surface area (Å²) >= 11 is 0. The molecule has 2 atom stereocenters. The van der Waals surface area contributed by atoms with E-state index in [4.69, 9.17) is 0 Å². The summed E-state index contributed by atoms with van der Waals surface area (Å²) in [5.41, 5.74) is 0. The van der Waals surface area contributed by atoms with Crippen molar-refractivity contribution in [1.82, 2.24) is 10.2 Å². The molecule has 0 amide bonds. The van der Waals surface area contributed by atoms with Gasteiger partial charge in [-0.25, -0.2) is 0 Å². The van der Waals surface area contributed by atoms with Gasteiger partial charge in [0.1, 0.15) is 0 Å². The third kappa shape index (κ3) is 2.96. The van der Waals surface area contributed by atoms with Gasteiger partial charge in [0.25, 0.3) is 0 Å². The van der Waals surface area contributed by atoms with Crippen molar-refractivity contribution in [2.45, 2.75) is 52.1 Å². The molecule has 1 saturated heterocycles. The Bertz CT molecular complexity index is 132. The molecule has 13 heavy (non-hydrogen) atoms. The van der Waals surface area contributed by atoms with Gasteiger partial charge in [0.2, 0.25) is 0 Å². The monoisotopic (exact) mass is 184 g/mol. The van der Waals surface area contributed by atoms with Crippen molar-refractivity contribution in [3.05, 3.63) is 0 Å². The summed E-state index contributed by atoms with van der Waals surface area (Å²) in [6.07, 6.45) is 3.95. The molecule has 0 aliphatic carbocycles. The molecule has 2 nitrogen and oxygen atoms in total. The fourth-order valence-electron chi connectivity index (χ4n) is 2.37. The minimum absolute atomic E-state index is 0.763. The number of nitrogens with one attached hydrogen (secondary N) is 1. The van der Waals surface area contributed by atoms with Crippen molar-refractivity contribution in [3.63, 3.8) is 0 Å². The highest BCUT2D eigenvalue weighted by Crippen LogP contribution is 2.16. The van der Waals surface area contributed by atoms with Gasteiger partial charge in [-0.2, -0.15) is 0 Å². The van der Waals surface area contributed by atoms with E-state index in [2.05, 4.69) is 31.0 Å². The van der Waals surface area contributed by atoms with E-state index < -0.39 is 0 Å². The van der Waals surface area contributed by atoms with Crippen LogP contribution in [-0.2, 0) is 0 Å². The zero-order valence-corrected chi connectivity index (χ0v) is 9.34. The Balaban J connectivity index is 2.40. The van der Waals surface area contributed by atoms with E-state index in [1.54, 1.807) is 0 Å². The molecule has 1 heterocycles. The second-order valence-corrected chi connectivity index (χ2v) is 3.96. The van der Waals surface area contributed by atoms with Gasteiger partial charge in [0.15, 0.2) is 0 Å². The van der Waals surface area contributed by atoms with Crippen LogP contribution in [0.2, 0.25) is 0 Å². The Morgan fingerprint density at radius 2 is 1.92 bits per heavy atom. The second-order valence-electron chi connectivity index (χ2n) is 3.96. The van der Waals surface area contributed by atoms with Crippen LogP contribution in [0.25, 0.3) is 0 Å². The smallest absolute Gasteiger partial charge is 0.0122 e. The highest BCUT2D eigenvalue weighted by Gasteiger charge is 2.23. The van der Waals surface area contributed by atoms with E-state index in [1.165, 1.54) is 38.9 Å². The zero-order valence-electron chi connectivity index (χ0n) is 9.34. The Morgan fingerprint density at radius 1 is 1.23 bits per heavy atom. The fourth-order valence-corrected chi connectivity index (χ4v) is 2.37. The largest absolute Gasteiger partial charge is 0.314 e. The van der Waals surface area contributed by atoms with Crippen molar-refractivity contribution in [2.24, 2.45) is 0 Å². The standard InChI is InChI=1S/C11H24N2/c1-4-10-9-11(7-8-12-10)13(5-2)6-3/h10-12H,4-9H2,1-3H3. The van der Waals surface area contributed by atoms with Crippen LogP contribution < -0.4 is 5.32 Å². The average Bonchev–Trinajstić information content (AvgIpc) is 2.20. The average molecular weight is 184 g/mol. The van der Waals surface area contributed by atoms with Gasteiger partial charge in [-0.05, 0) is 38.9 Å². The summed E-state index contributed by atoms with van der Waals surface area (Å²) in [6, 6.07) is 1.60. The Labute approximate surface area is 82.7 Å². The third-order valence-electron chi connectivity index (χ3n) is 3.29. The van der Waals surface area contributed by atoms with E-state index in [0.29, 0.717) is 0 Å². The van der Waals surface area contributed by atoms with Crippen molar-refractivity contribution in [1.29, 1.82) is 0 Å². The molecular weight excluding hydrogens is 160 g/mol. The Kier molecular flexibility index (Phi) is 4.74. The van der Waals surface area contributed by atoms with Gasteiger partial charge in [0, 0.05) is 12.1 Å². The van der Waals surface area contributed by atoms with E-state index >= 15 is 0 Å². The minimum atomic E-state index is 0.763. The number of hydrogen-bond acceptors (Lipinski definition) is 2. The molecule has 1 aliphatic heterocycles. The lowest BCUT2D eigenvalue weighted by atomic mass is 9.96. The summed E-state index contributed by atoms with van der Waals surface area (Å²) in [5.74, 6) is 0. The summed E-state index contributed by atoms with van der Waals surface area (Å²) in [6.45, 7) is 10.4. The van der Waals surface area contributed by atoms with Crippen LogP contribution in [0.5, 0.6) is 0 Å². The maximum atomic E-state index is 3.58. The summed E-state index contributed by atoms with van der Waals surface area (Å²) in [7, 11) is 0. The first-order chi connectivity index (χ1) is 6.31. The molecule has 1 fully saturated rings. The fraction of sp³-hybridized carbons (Fsp3) is 1.00. The molecule has 0 aromatic heterocycles. The van der Waals surface area contributed by atoms with E-state index in [0.717, 1.165) is 12.1 Å². The van der Waals surface area contributed by atoms with Crippen LogP contribution in [0.15, 0.2) is 0 Å². The van der Waals surface area contributed by atoms with Crippen molar-refractivity contribution in [3.8, 4) is 0 Å². The number of nitrogens with zero attached hydrogens (tertiary/aromatic N) is 1. The first kappa shape index (κ1) is 11.0. The minimum Gasteiger partial charge on any atom is -0.314 e. The molecular formula is C11H24N2. The third-order valence-corrected chi connectivity index (χ3v) is 3.29. The van der Waals surface area contributed by atoms with Gasteiger partial charge < -0.3 is 10.2 Å². The van der Waals surface area contributed by atoms with Crippen LogP contribution in [0.3, 0.4) is 0 Å². The number of rotatable bonds is 4. The molecule has 0 saturated carbocycles. The zero-order chi connectivity index (χ0) is 9.68. The maximum Gasteiger partial charge on any atom is 0.0122 e. The van der Waals surface area contributed by atoms with E-state index in [9.17, 15) is 0 Å². The molecule has 2 unspecified atom stereocenters. The maximum absolute atomic E-state index is 3.58. The molecule has 0 aromatic rings. The predicted octanol–water partition coefficient (Wildman–Crippen LogP) is 1.86. The molecule has 1 aliphatic rings. The van der Waals surface area contributed by atoms with Gasteiger partial charge in [-0.3, -0.25) is 0 Å². The lowest BCUT2D eigenvalue weighted by molar-refractivity contribution is 0.156. The predicted molar refractivity (Wildman–Crippen MR) is 58.0 cm³/mol. The summed E-state index contributed by atoms with van der Waals surface area (Å²) in [4.78, 5) is 2.60. The van der Waals surface area contributed by atoms with Crippen LogP contribution in [-0.4, -0.2) is 36.6 Å². The second kappa shape index (κ2) is 5.61. The van der Waals surface area contributed by atoms with E-state index in [-0.39, 0.29) is 0 Å². The highest BCUT2D eigenvalue weighted by atomic mass is 15.2. The quantitative estimate of drug-likeness (QED) is 0.717. The first-order valence-corrected chi connectivity index (χ1v) is 5.79. The summed E-state index contributed by atoms with van der Waals surface area (Å²) in [5, 5.41) is 3.58. The molecule has 0 radical (unpaired) electrons. The first-order valence-electron chi connectivity index (χ1n) is 5.79. The van der Waals surface area contributed by atoms with Crippen LogP contribution >= 0.6 is 0 Å². The molecule has 1 rings (SSSR count). The van der Waals surface area contributed by atoms with Gasteiger partial charge in [0.05, 0.1) is 0 Å². The number of piperidine rings is 1. The van der Waals surface area contributed by atoms with Crippen molar-refractivity contribution >= 4 is 0 Å². The number of hydrogen-bond donors (Lipinski definition) is 1. The van der Waals surface area contributed by atoms with Crippen molar-refractivity contribution in [2.75, 3.05) is 19.6 Å². The molecule has 0 spiro atoms. The highest BCUT2D eigenvalue weighted by molar-refractivity contribution is 4.82. The molecule has 2 heteroatoms. The molecule has 78 valence electrons. The Morgan fingerprint density at radius 3 is 2.46 bits per heavy atom. The lowest BCUT2D eigenvalue weighted by Gasteiger charge is -2.36. The van der Waals surface area contributed by atoms with Crippen LogP contribution in [0, 0.1) is 0 Å². The molecule has 1 N–H and O–H groups in total. The normalized spacial score (nSPS) is 29.5. The van der Waals surface area contributed by atoms with Crippen molar-refractivity contribution < 1.29 is 0 Å². The SMILES string of the molecule is CCC1CC(N(CC)CC)CCN1. The van der Waals surface area contributed by atoms with Crippen LogP contribution in [0.4, 0.5) is 0 Å². The van der Waals surface area contributed by atoms with Gasteiger partial charge >= 0.3 is 0 Å². The topological polar surface area (TPSA) is 15.3 Å². The molecule has 0 aromatic carbocycles. The van der Waals surface area contributed by atoms with Gasteiger partial charge in [-0.1, -0.05) is 20.8 Å². The van der Waals surface area contributed by atoms with Crippen LogP contribution in [0.1, 0.15) is 40.0 Å². The Hall–Kier alpha value is -0.0800. The summed E-state index contributed by atoms with van der Waals surface area (Å²) < 4.78 is 0. The molecule has 0 bridgehead atoms. The van der Waals surface area contributed by atoms with Gasteiger partial charge in [-0.15, -0.1) is 0 Å².